The summed E-state index contributed by atoms with van der Waals surface area (Å²) >= 11 is 5.87. The number of hydrogen-bond donors (Lipinski definition) is 0. The third-order valence-corrected chi connectivity index (χ3v) is 1.89. The van der Waals surface area contributed by atoms with E-state index in [9.17, 15) is 4.79 Å². The lowest BCUT2D eigenvalue weighted by molar-refractivity contribution is 0.504. The zero-order valence-electron chi connectivity index (χ0n) is 8.44. The second-order valence-electron chi connectivity index (χ2n) is 3.35. The zero-order chi connectivity index (χ0) is 11.3. The highest BCUT2D eigenvalue weighted by Crippen LogP contribution is 2.25. The fraction of sp³-hybridized carbons (Fsp3) is 0.300. The molecular formula is C10H10ClN3O. The van der Waals surface area contributed by atoms with Crippen molar-refractivity contribution in [2.45, 2.75) is 19.5 Å². The number of carbonyl (C=O) groups excluding carboxylic acids is 1. The lowest BCUT2D eigenvalue weighted by atomic mass is 10.3. The van der Waals surface area contributed by atoms with Crippen molar-refractivity contribution in [2.24, 2.45) is 15.2 Å². The van der Waals surface area contributed by atoms with Gasteiger partial charge in [0.1, 0.15) is 5.69 Å². The lowest BCUT2D eigenvalue weighted by Gasteiger charge is -2.08. The van der Waals surface area contributed by atoms with Crippen LogP contribution in [0, 0.1) is 0 Å². The largest absolute Gasteiger partial charge is 0.237 e. The summed E-state index contributed by atoms with van der Waals surface area (Å²) in [5.74, 6) is 0. The van der Waals surface area contributed by atoms with Crippen LogP contribution in [0.3, 0.4) is 0 Å². The predicted molar refractivity (Wildman–Crippen MR) is 58.2 cm³/mol. The highest BCUT2D eigenvalue weighted by molar-refractivity contribution is 6.32. The molecule has 0 spiro atoms. The standard InChI is InChI=1S/C10H10ClN3O/c1-10(2,12-7-15)14-13-9-6-4-3-5-8(9)11/h3-6H,1-2H3. The highest BCUT2D eigenvalue weighted by Gasteiger charge is 2.13. The first-order valence-corrected chi connectivity index (χ1v) is 4.69. The van der Waals surface area contributed by atoms with E-state index >= 15 is 0 Å². The molecule has 0 saturated carbocycles. The number of aliphatic imine (C=N–C) groups is 1. The Morgan fingerprint density at radius 1 is 1.33 bits per heavy atom. The van der Waals surface area contributed by atoms with Crippen molar-refractivity contribution < 1.29 is 4.79 Å². The second-order valence-corrected chi connectivity index (χ2v) is 3.76. The highest BCUT2D eigenvalue weighted by atomic mass is 35.5. The van der Waals surface area contributed by atoms with Gasteiger partial charge in [-0.1, -0.05) is 23.7 Å². The van der Waals surface area contributed by atoms with E-state index in [0.29, 0.717) is 10.7 Å². The Balaban J connectivity index is 2.91. The van der Waals surface area contributed by atoms with Crippen LogP contribution < -0.4 is 0 Å². The van der Waals surface area contributed by atoms with E-state index in [2.05, 4.69) is 15.2 Å². The van der Waals surface area contributed by atoms with Gasteiger partial charge in [-0.25, -0.2) is 4.79 Å². The summed E-state index contributed by atoms with van der Waals surface area (Å²) in [4.78, 5) is 13.6. The van der Waals surface area contributed by atoms with Crippen molar-refractivity contribution in [2.75, 3.05) is 0 Å². The Labute approximate surface area is 92.7 Å². The number of isocyanates is 1. The van der Waals surface area contributed by atoms with Crippen LogP contribution in [0.15, 0.2) is 39.5 Å². The summed E-state index contributed by atoms with van der Waals surface area (Å²) in [5.41, 5.74) is -0.352. The predicted octanol–water partition coefficient (Wildman–Crippen LogP) is 3.50. The molecular weight excluding hydrogens is 214 g/mol. The number of hydrogen-bond acceptors (Lipinski definition) is 4. The van der Waals surface area contributed by atoms with Crippen molar-refractivity contribution in [1.82, 2.24) is 0 Å². The van der Waals surface area contributed by atoms with Crippen molar-refractivity contribution in [1.29, 1.82) is 0 Å². The molecule has 1 aromatic carbocycles. The van der Waals surface area contributed by atoms with Crippen molar-refractivity contribution in [3.05, 3.63) is 29.3 Å². The Kier molecular flexibility index (Phi) is 3.72. The molecule has 0 amide bonds. The van der Waals surface area contributed by atoms with Crippen molar-refractivity contribution in [3.8, 4) is 0 Å². The SMILES string of the molecule is CC(C)(N=C=O)N=Nc1ccccc1Cl. The molecule has 0 radical (unpaired) electrons. The average molecular weight is 224 g/mol. The molecule has 0 N–H and O–H groups in total. The van der Waals surface area contributed by atoms with Gasteiger partial charge in [-0.3, -0.25) is 0 Å². The van der Waals surface area contributed by atoms with Gasteiger partial charge in [-0.2, -0.15) is 15.2 Å². The molecule has 0 aromatic heterocycles. The first-order valence-electron chi connectivity index (χ1n) is 4.31. The summed E-state index contributed by atoms with van der Waals surface area (Å²) in [5, 5.41) is 8.31. The van der Waals surface area contributed by atoms with Gasteiger partial charge in [0.2, 0.25) is 6.08 Å². The van der Waals surface area contributed by atoms with Crippen LogP contribution in [-0.4, -0.2) is 11.7 Å². The molecule has 5 heteroatoms. The smallest absolute Gasteiger partial charge is 0.211 e. The van der Waals surface area contributed by atoms with E-state index in [0.717, 1.165) is 0 Å². The topological polar surface area (TPSA) is 54.1 Å². The summed E-state index contributed by atoms with van der Waals surface area (Å²) in [6.07, 6.45) is 1.45. The van der Waals surface area contributed by atoms with Gasteiger partial charge in [-0.05, 0) is 26.0 Å². The minimum absolute atomic E-state index is 0.507. The average Bonchev–Trinajstić information content (AvgIpc) is 2.16. The Morgan fingerprint density at radius 2 is 2.00 bits per heavy atom. The minimum atomic E-state index is -0.902. The molecule has 0 fully saturated rings. The maximum atomic E-state index is 10.1. The van der Waals surface area contributed by atoms with Gasteiger partial charge >= 0.3 is 0 Å². The summed E-state index contributed by atoms with van der Waals surface area (Å²) in [7, 11) is 0. The van der Waals surface area contributed by atoms with Gasteiger partial charge in [0.15, 0.2) is 5.66 Å². The van der Waals surface area contributed by atoms with Gasteiger partial charge in [0, 0.05) is 0 Å². The molecule has 4 nitrogen and oxygen atoms in total. The molecule has 0 bridgehead atoms. The first-order chi connectivity index (χ1) is 7.05. The first kappa shape index (κ1) is 11.6. The number of rotatable bonds is 3. The maximum Gasteiger partial charge on any atom is 0.237 e. The van der Waals surface area contributed by atoms with E-state index in [4.69, 9.17) is 11.6 Å². The van der Waals surface area contributed by atoms with E-state index < -0.39 is 5.66 Å². The third kappa shape index (κ3) is 3.62. The second kappa shape index (κ2) is 4.82. The van der Waals surface area contributed by atoms with Crippen LogP contribution >= 0.6 is 11.6 Å². The summed E-state index contributed by atoms with van der Waals surface area (Å²) < 4.78 is 0. The normalized spacial score (nSPS) is 11.4. The van der Waals surface area contributed by atoms with Crippen LogP contribution in [0.5, 0.6) is 0 Å². The van der Waals surface area contributed by atoms with E-state index in [1.54, 1.807) is 38.1 Å². The van der Waals surface area contributed by atoms with E-state index in [1.807, 2.05) is 0 Å². The van der Waals surface area contributed by atoms with Crippen LogP contribution in [0.2, 0.25) is 5.02 Å². The minimum Gasteiger partial charge on any atom is -0.211 e. The van der Waals surface area contributed by atoms with Crippen LogP contribution in [0.25, 0.3) is 0 Å². The van der Waals surface area contributed by atoms with Crippen LogP contribution in [0.4, 0.5) is 5.69 Å². The maximum absolute atomic E-state index is 10.1. The van der Waals surface area contributed by atoms with Gasteiger partial charge in [-0.15, -0.1) is 0 Å². The zero-order valence-corrected chi connectivity index (χ0v) is 9.19. The molecule has 78 valence electrons. The van der Waals surface area contributed by atoms with E-state index in [-0.39, 0.29) is 0 Å². The molecule has 1 rings (SSSR count). The fourth-order valence-electron chi connectivity index (χ4n) is 0.843. The van der Waals surface area contributed by atoms with E-state index in [1.165, 1.54) is 6.08 Å². The quantitative estimate of drug-likeness (QED) is 0.440. The number of benzene rings is 1. The monoisotopic (exact) mass is 223 g/mol. The number of halogens is 1. The molecule has 0 heterocycles. The Bertz CT molecular complexity index is 422. The van der Waals surface area contributed by atoms with Gasteiger partial charge in [0.05, 0.1) is 5.02 Å². The van der Waals surface area contributed by atoms with Crippen LogP contribution in [0.1, 0.15) is 13.8 Å². The molecule has 0 unspecified atom stereocenters. The number of azo groups is 1. The Hall–Kier alpha value is -1.51. The Morgan fingerprint density at radius 3 is 2.60 bits per heavy atom. The molecule has 0 aliphatic rings. The molecule has 0 aliphatic carbocycles. The molecule has 15 heavy (non-hydrogen) atoms. The molecule has 1 aromatic rings. The summed E-state index contributed by atoms with van der Waals surface area (Å²) in [6, 6.07) is 7.05. The lowest BCUT2D eigenvalue weighted by Crippen LogP contribution is -2.10. The van der Waals surface area contributed by atoms with Crippen LogP contribution in [-0.2, 0) is 4.79 Å². The molecule has 0 aliphatic heterocycles. The number of nitrogens with zero attached hydrogens (tertiary/aromatic N) is 3. The van der Waals surface area contributed by atoms with Crippen molar-refractivity contribution >= 4 is 23.4 Å². The van der Waals surface area contributed by atoms with Gasteiger partial charge < -0.3 is 0 Å². The fourth-order valence-corrected chi connectivity index (χ4v) is 1.02. The summed E-state index contributed by atoms with van der Waals surface area (Å²) in [6.45, 7) is 3.30. The third-order valence-electron chi connectivity index (χ3n) is 1.57. The van der Waals surface area contributed by atoms with Gasteiger partial charge in [0.25, 0.3) is 0 Å². The van der Waals surface area contributed by atoms with Crippen molar-refractivity contribution in [3.63, 3.8) is 0 Å². The molecule has 0 saturated heterocycles. The molecule has 0 atom stereocenters.